The number of ether oxygens (including phenoxy) is 3. The molecular weight excluding hydrogens is 817 g/mol. The summed E-state index contributed by atoms with van der Waals surface area (Å²) in [6, 6.07) is 0. The second-order valence-corrected chi connectivity index (χ2v) is 17.5. The van der Waals surface area contributed by atoms with Crippen molar-refractivity contribution in [2.75, 3.05) is 13.2 Å². The predicted molar refractivity (Wildman–Crippen MR) is 283 cm³/mol. The highest BCUT2D eigenvalue weighted by Gasteiger charge is 2.19. The number of unbranched alkanes of at least 4 members (excludes halogenated alkanes) is 22. The van der Waals surface area contributed by atoms with Gasteiger partial charge >= 0.3 is 17.9 Å². The molecule has 0 N–H and O–H groups in total. The zero-order valence-corrected chi connectivity index (χ0v) is 42.7. The van der Waals surface area contributed by atoms with Crippen LogP contribution in [0.1, 0.15) is 233 Å². The number of hydrogen-bond acceptors (Lipinski definition) is 6. The number of esters is 3. The van der Waals surface area contributed by atoms with E-state index in [2.05, 4.69) is 81.5 Å². The summed E-state index contributed by atoms with van der Waals surface area (Å²) < 4.78 is 16.8. The Bertz CT molecular complexity index is 1370. The molecule has 0 fully saturated rings. The van der Waals surface area contributed by atoms with Crippen molar-refractivity contribution in [2.24, 2.45) is 0 Å². The molecule has 0 rings (SSSR count). The van der Waals surface area contributed by atoms with Crippen LogP contribution in [0, 0.1) is 0 Å². The molecule has 66 heavy (non-hydrogen) atoms. The van der Waals surface area contributed by atoms with Crippen LogP contribution in [-0.4, -0.2) is 37.2 Å². The standard InChI is InChI=1S/C60H98O6/c1-4-7-10-13-16-19-22-25-28-30-33-35-38-41-44-47-50-53-59(62)65-56-57(55-64-58(61)52-49-46-43-40-37-34-31-27-24-21-18-15-12-9-6-3)66-60(63)54-51-48-45-42-39-36-32-29-26-23-20-17-14-11-8-5-2/h8-9,11-12,15,17-18,20-21,24-29,31,34,37,57H,4-7,10,13-14,16,19,22-23,30,32-33,35-36,38-56H2,1-3H3/b11-8-,12-9-,18-15-,20-17-,24-21-,28-25-,29-26-,31-27-,37-34-. The Kier molecular flexibility index (Phi) is 50.5. The van der Waals surface area contributed by atoms with Gasteiger partial charge in [0.2, 0.25) is 0 Å². The van der Waals surface area contributed by atoms with Crippen LogP contribution in [0.4, 0.5) is 0 Å². The van der Waals surface area contributed by atoms with Gasteiger partial charge in [0.05, 0.1) is 0 Å². The molecule has 0 aromatic rings. The van der Waals surface area contributed by atoms with Crippen LogP contribution in [0.3, 0.4) is 0 Å². The molecule has 0 amide bonds. The first-order valence-corrected chi connectivity index (χ1v) is 27.0. The highest BCUT2D eigenvalue weighted by molar-refractivity contribution is 5.71. The molecule has 0 aliphatic carbocycles. The number of rotatable bonds is 47. The third-order valence-corrected chi connectivity index (χ3v) is 11.1. The Morgan fingerprint density at radius 2 is 0.667 bits per heavy atom. The Balaban J connectivity index is 4.49. The van der Waals surface area contributed by atoms with Gasteiger partial charge in [-0.25, -0.2) is 0 Å². The van der Waals surface area contributed by atoms with Crippen molar-refractivity contribution < 1.29 is 28.6 Å². The molecule has 0 aliphatic heterocycles. The van der Waals surface area contributed by atoms with E-state index in [1.54, 1.807) is 0 Å². The van der Waals surface area contributed by atoms with Gasteiger partial charge in [0.15, 0.2) is 6.10 Å². The van der Waals surface area contributed by atoms with Crippen LogP contribution < -0.4 is 0 Å². The fourth-order valence-electron chi connectivity index (χ4n) is 7.12. The number of allylic oxidation sites excluding steroid dienone is 18. The van der Waals surface area contributed by atoms with Gasteiger partial charge in [-0.05, 0) is 96.3 Å². The molecule has 0 aliphatic rings. The van der Waals surface area contributed by atoms with Crippen molar-refractivity contribution >= 4 is 17.9 Å². The van der Waals surface area contributed by atoms with Crippen molar-refractivity contribution in [2.45, 2.75) is 239 Å². The average Bonchev–Trinajstić information content (AvgIpc) is 3.31. The second kappa shape index (κ2) is 53.7. The summed E-state index contributed by atoms with van der Waals surface area (Å²) in [5.41, 5.74) is 0. The van der Waals surface area contributed by atoms with Crippen LogP contribution in [0.25, 0.3) is 0 Å². The maximum Gasteiger partial charge on any atom is 0.306 e. The van der Waals surface area contributed by atoms with E-state index >= 15 is 0 Å². The molecule has 0 aromatic heterocycles. The quantitative estimate of drug-likeness (QED) is 0.0199. The van der Waals surface area contributed by atoms with Crippen molar-refractivity contribution in [3.8, 4) is 0 Å². The highest BCUT2D eigenvalue weighted by Crippen LogP contribution is 2.14. The summed E-state index contributed by atoms with van der Waals surface area (Å²) in [6.07, 6.45) is 72.1. The summed E-state index contributed by atoms with van der Waals surface area (Å²) in [5.74, 6) is -0.964. The van der Waals surface area contributed by atoms with Crippen molar-refractivity contribution in [3.05, 3.63) is 109 Å². The van der Waals surface area contributed by atoms with Crippen LogP contribution in [0.5, 0.6) is 0 Å². The summed E-state index contributed by atoms with van der Waals surface area (Å²) in [4.78, 5) is 38.1. The third kappa shape index (κ3) is 51.1. The van der Waals surface area contributed by atoms with Gasteiger partial charge in [0, 0.05) is 19.3 Å². The average molecular weight is 915 g/mol. The minimum Gasteiger partial charge on any atom is -0.462 e. The Labute approximate surface area is 406 Å². The van der Waals surface area contributed by atoms with Gasteiger partial charge in [-0.15, -0.1) is 0 Å². The summed E-state index contributed by atoms with van der Waals surface area (Å²) >= 11 is 0. The van der Waals surface area contributed by atoms with Crippen molar-refractivity contribution in [1.82, 2.24) is 0 Å². The van der Waals surface area contributed by atoms with E-state index in [-0.39, 0.29) is 31.1 Å². The van der Waals surface area contributed by atoms with Gasteiger partial charge < -0.3 is 14.2 Å². The molecule has 1 atom stereocenters. The fourth-order valence-corrected chi connectivity index (χ4v) is 7.12. The van der Waals surface area contributed by atoms with Crippen LogP contribution in [-0.2, 0) is 28.6 Å². The Morgan fingerprint density at radius 1 is 0.333 bits per heavy atom. The van der Waals surface area contributed by atoms with E-state index in [4.69, 9.17) is 14.2 Å². The predicted octanol–water partition coefficient (Wildman–Crippen LogP) is 17.9. The van der Waals surface area contributed by atoms with Crippen molar-refractivity contribution in [1.29, 1.82) is 0 Å². The lowest BCUT2D eigenvalue weighted by molar-refractivity contribution is -0.167. The van der Waals surface area contributed by atoms with Crippen LogP contribution >= 0.6 is 0 Å². The molecule has 1 unspecified atom stereocenters. The summed E-state index contributed by atoms with van der Waals surface area (Å²) in [6.45, 7) is 6.32. The van der Waals surface area contributed by atoms with E-state index in [0.717, 1.165) is 103 Å². The first kappa shape index (κ1) is 62.1. The molecule has 0 saturated carbocycles. The smallest absolute Gasteiger partial charge is 0.306 e. The van der Waals surface area contributed by atoms with E-state index in [0.29, 0.717) is 19.3 Å². The highest BCUT2D eigenvalue weighted by atomic mass is 16.6. The lowest BCUT2D eigenvalue weighted by atomic mass is 10.1. The normalized spacial score (nSPS) is 13.0. The minimum absolute atomic E-state index is 0.101. The van der Waals surface area contributed by atoms with Gasteiger partial charge in [-0.2, -0.15) is 0 Å². The van der Waals surface area contributed by atoms with E-state index in [1.807, 2.05) is 48.6 Å². The summed E-state index contributed by atoms with van der Waals surface area (Å²) in [7, 11) is 0. The first-order valence-electron chi connectivity index (χ1n) is 27.0. The van der Waals surface area contributed by atoms with E-state index in [9.17, 15) is 14.4 Å². The lowest BCUT2D eigenvalue weighted by Crippen LogP contribution is -2.30. The van der Waals surface area contributed by atoms with Gasteiger partial charge in [0.1, 0.15) is 13.2 Å². The molecule has 6 heteroatoms. The molecule has 0 radical (unpaired) electrons. The lowest BCUT2D eigenvalue weighted by Gasteiger charge is -2.18. The van der Waals surface area contributed by atoms with E-state index < -0.39 is 6.10 Å². The topological polar surface area (TPSA) is 78.9 Å². The van der Waals surface area contributed by atoms with Crippen LogP contribution in [0.15, 0.2) is 109 Å². The van der Waals surface area contributed by atoms with Gasteiger partial charge in [-0.1, -0.05) is 226 Å². The Morgan fingerprint density at radius 3 is 1.14 bits per heavy atom. The molecule has 374 valence electrons. The number of carbonyl (C=O) groups is 3. The zero-order valence-electron chi connectivity index (χ0n) is 42.7. The second-order valence-electron chi connectivity index (χ2n) is 17.5. The molecule has 0 bridgehead atoms. The molecule has 0 heterocycles. The molecule has 0 spiro atoms. The SMILES string of the molecule is CC\C=C/C=C\C=C/C=C\C=C/CCCCCC(=O)OCC(COC(=O)CCCCCCCCC/C=C\CCCCCCCC)OC(=O)CCCCCCCC/C=C\C/C=C\C/C=C\CC. The zero-order chi connectivity index (χ0) is 47.9. The Hall–Kier alpha value is -3.93. The third-order valence-electron chi connectivity index (χ3n) is 11.1. The fraction of sp³-hybridized carbons (Fsp3) is 0.650. The maximum atomic E-state index is 12.8. The molecule has 0 saturated heterocycles. The minimum atomic E-state index is -0.806. The largest absolute Gasteiger partial charge is 0.462 e. The van der Waals surface area contributed by atoms with Crippen LogP contribution in [0.2, 0.25) is 0 Å². The molecule has 6 nitrogen and oxygen atoms in total. The molecule has 0 aromatic carbocycles. The monoisotopic (exact) mass is 915 g/mol. The van der Waals surface area contributed by atoms with Crippen molar-refractivity contribution in [3.63, 3.8) is 0 Å². The molecular formula is C60H98O6. The number of hydrogen-bond donors (Lipinski definition) is 0. The summed E-state index contributed by atoms with van der Waals surface area (Å²) in [5, 5.41) is 0. The van der Waals surface area contributed by atoms with E-state index in [1.165, 1.54) is 89.9 Å². The maximum absolute atomic E-state index is 12.8. The van der Waals surface area contributed by atoms with Gasteiger partial charge in [-0.3, -0.25) is 14.4 Å². The number of carbonyl (C=O) groups excluding carboxylic acids is 3. The first-order chi connectivity index (χ1) is 32.5. The van der Waals surface area contributed by atoms with Gasteiger partial charge in [0.25, 0.3) is 0 Å².